The number of rotatable bonds is 5. The van der Waals surface area contributed by atoms with Crippen LogP contribution in [0.2, 0.25) is 0 Å². The highest BCUT2D eigenvalue weighted by Crippen LogP contribution is 2.47. The maximum absolute atomic E-state index is 13.1. The van der Waals surface area contributed by atoms with Crippen molar-refractivity contribution in [3.63, 3.8) is 0 Å². The van der Waals surface area contributed by atoms with Gasteiger partial charge in [-0.25, -0.2) is 0 Å². The van der Waals surface area contributed by atoms with E-state index in [2.05, 4.69) is 0 Å². The van der Waals surface area contributed by atoms with Crippen LogP contribution in [0.5, 0.6) is 23.0 Å². The van der Waals surface area contributed by atoms with E-state index in [1.165, 1.54) is 46.5 Å². The van der Waals surface area contributed by atoms with Gasteiger partial charge < -0.3 is 29.5 Å². The van der Waals surface area contributed by atoms with Gasteiger partial charge >= 0.3 is 0 Å². The number of carbonyl (C=O) groups is 4. The molecule has 0 unspecified atom stereocenters. The Morgan fingerprint density at radius 3 is 2.03 bits per heavy atom. The van der Waals surface area contributed by atoms with Crippen LogP contribution >= 0.6 is 0 Å². The quantitative estimate of drug-likeness (QED) is 0.544. The fraction of sp³-hybridized carbons (Fsp3) is 0.200. The summed E-state index contributed by atoms with van der Waals surface area (Å²) in [5, 5.41) is 32.5. The van der Waals surface area contributed by atoms with Crippen molar-refractivity contribution in [2.45, 2.75) is 12.8 Å². The minimum atomic E-state index is -1.20. The molecule has 0 heterocycles. The van der Waals surface area contributed by atoms with Crippen LogP contribution in [0.1, 0.15) is 55.0 Å². The maximum atomic E-state index is 13.1. The number of benzene rings is 2. The molecular weight excluding hydrogens is 460 g/mol. The van der Waals surface area contributed by atoms with Gasteiger partial charge in [0.05, 0.1) is 38.0 Å². The first-order valence-corrected chi connectivity index (χ1v) is 10.3. The molecule has 2 aliphatic carbocycles. The number of aliphatic hydroxyl groups is 1. The molecule has 4 rings (SSSR count). The smallest absolute Gasteiger partial charge is 0.234 e. The van der Waals surface area contributed by atoms with Crippen molar-refractivity contribution in [3.8, 4) is 23.0 Å². The number of methoxy groups -OCH3 is 3. The van der Waals surface area contributed by atoms with Gasteiger partial charge in [0.1, 0.15) is 28.8 Å². The number of allylic oxidation sites excluding steroid dienone is 3. The molecule has 0 aromatic heterocycles. The Labute approximate surface area is 198 Å². The van der Waals surface area contributed by atoms with Crippen LogP contribution in [0.4, 0.5) is 0 Å². The van der Waals surface area contributed by atoms with Crippen LogP contribution in [0, 0.1) is 0 Å². The summed E-state index contributed by atoms with van der Waals surface area (Å²) < 4.78 is 15.3. The van der Waals surface area contributed by atoms with E-state index in [1.54, 1.807) is 0 Å². The lowest BCUT2D eigenvalue weighted by atomic mass is 9.78. The Hall–Kier alpha value is -4.60. The van der Waals surface area contributed by atoms with Gasteiger partial charge in [-0.05, 0) is 12.1 Å². The monoisotopic (exact) mass is 480 g/mol. The van der Waals surface area contributed by atoms with E-state index < -0.39 is 51.9 Å². The van der Waals surface area contributed by atoms with Crippen LogP contribution in [-0.4, -0.2) is 59.8 Å². The zero-order valence-electron chi connectivity index (χ0n) is 19.1. The lowest BCUT2D eigenvalue weighted by molar-refractivity contribution is -0.112. The highest BCUT2D eigenvalue weighted by molar-refractivity contribution is 6.52. The molecule has 180 valence electrons. The zero-order valence-corrected chi connectivity index (χ0v) is 19.1. The molecule has 2 aromatic carbocycles. The normalized spacial score (nSPS) is 15.9. The first-order chi connectivity index (χ1) is 16.6. The van der Waals surface area contributed by atoms with Gasteiger partial charge in [0.2, 0.25) is 17.3 Å². The topological polar surface area (TPSA) is 157 Å². The number of aliphatic hydroxyl groups excluding tert-OH is 1. The largest absolute Gasteiger partial charge is 0.507 e. The predicted octanol–water partition coefficient (Wildman–Crippen LogP) is 2.86. The van der Waals surface area contributed by atoms with Gasteiger partial charge in [-0.3, -0.25) is 19.2 Å². The van der Waals surface area contributed by atoms with Gasteiger partial charge in [-0.15, -0.1) is 0 Å². The number of hydrogen-bond acceptors (Lipinski definition) is 10. The molecule has 10 nitrogen and oxygen atoms in total. The summed E-state index contributed by atoms with van der Waals surface area (Å²) in [6, 6.07) is 3.60. The molecule has 3 N–H and O–H groups in total. The summed E-state index contributed by atoms with van der Waals surface area (Å²) in [6.07, 6.45) is 0.930. The van der Waals surface area contributed by atoms with E-state index >= 15 is 0 Å². The number of aromatic hydroxyl groups is 2. The molecule has 0 fully saturated rings. The van der Waals surface area contributed by atoms with Crippen molar-refractivity contribution in [1.82, 2.24) is 0 Å². The molecule has 2 aromatic rings. The third-order valence-corrected chi connectivity index (χ3v) is 6.10. The third kappa shape index (κ3) is 3.33. The summed E-state index contributed by atoms with van der Waals surface area (Å²) in [7, 11) is 3.77. The minimum Gasteiger partial charge on any atom is -0.507 e. The Morgan fingerprint density at radius 1 is 0.771 bits per heavy atom. The Morgan fingerprint density at radius 2 is 1.43 bits per heavy atom. The number of phenols is 2. The predicted molar refractivity (Wildman–Crippen MR) is 120 cm³/mol. The highest BCUT2D eigenvalue weighted by Gasteiger charge is 2.41. The van der Waals surface area contributed by atoms with Crippen molar-refractivity contribution >= 4 is 28.9 Å². The number of phenolic OH excluding ortho intramolecular Hbond substituents is 2. The SMILES string of the molecule is COC1=CC(=O)c2c(cc(OC)c([C@H](C)C3=C(O)c4c(O)cc(OC)cc4C(=O)C3=O)c2O)C1=O. The Kier molecular flexibility index (Phi) is 5.60. The minimum absolute atomic E-state index is 0.0717. The molecule has 0 radical (unpaired) electrons. The fourth-order valence-electron chi connectivity index (χ4n) is 4.40. The van der Waals surface area contributed by atoms with Crippen LogP contribution in [-0.2, 0) is 9.53 Å². The number of hydrogen-bond donors (Lipinski definition) is 3. The second-order valence-corrected chi connectivity index (χ2v) is 7.88. The van der Waals surface area contributed by atoms with E-state index in [1.807, 2.05) is 0 Å². The van der Waals surface area contributed by atoms with Gasteiger partial charge in [0.15, 0.2) is 11.5 Å². The average molecular weight is 480 g/mol. The van der Waals surface area contributed by atoms with Crippen LogP contribution in [0.15, 0.2) is 35.6 Å². The second-order valence-electron chi connectivity index (χ2n) is 7.88. The van der Waals surface area contributed by atoms with Crippen LogP contribution < -0.4 is 9.47 Å². The van der Waals surface area contributed by atoms with E-state index in [-0.39, 0.29) is 45.1 Å². The molecule has 0 bridgehead atoms. The van der Waals surface area contributed by atoms with Crippen molar-refractivity contribution in [1.29, 1.82) is 0 Å². The fourth-order valence-corrected chi connectivity index (χ4v) is 4.40. The number of fused-ring (bicyclic) bond motifs is 2. The zero-order chi connectivity index (χ0) is 25.8. The summed E-state index contributed by atoms with van der Waals surface area (Å²) >= 11 is 0. The molecule has 0 saturated carbocycles. The van der Waals surface area contributed by atoms with Gasteiger partial charge in [0.25, 0.3) is 0 Å². The van der Waals surface area contributed by atoms with Crippen molar-refractivity contribution in [2.24, 2.45) is 0 Å². The van der Waals surface area contributed by atoms with Crippen LogP contribution in [0.3, 0.4) is 0 Å². The number of Topliss-reactive ketones (excluding diaryl/α,β-unsaturated/α-hetero) is 3. The lowest BCUT2D eigenvalue weighted by Crippen LogP contribution is -2.27. The van der Waals surface area contributed by atoms with Gasteiger partial charge in [-0.1, -0.05) is 6.92 Å². The van der Waals surface area contributed by atoms with E-state index in [4.69, 9.17) is 14.2 Å². The number of ether oxygens (including phenoxy) is 3. The molecule has 0 aliphatic heterocycles. The van der Waals surface area contributed by atoms with E-state index in [0.717, 1.165) is 6.08 Å². The lowest BCUT2D eigenvalue weighted by Gasteiger charge is -2.26. The summed E-state index contributed by atoms with van der Waals surface area (Å²) in [6.45, 7) is 1.40. The molecule has 0 spiro atoms. The van der Waals surface area contributed by atoms with Crippen molar-refractivity contribution in [2.75, 3.05) is 21.3 Å². The molecule has 0 saturated heterocycles. The average Bonchev–Trinajstić information content (AvgIpc) is 2.83. The summed E-state index contributed by atoms with van der Waals surface area (Å²) in [4.78, 5) is 51.3. The third-order valence-electron chi connectivity index (χ3n) is 6.10. The molecule has 1 atom stereocenters. The first kappa shape index (κ1) is 23.6. The van der Waals surface area contributed by atoms with E-state index in [0.29, 0.717) is 0 Å². The van der Waals surface area contributed by atoms with Gasteiger partial charge in [0, 0.05) is 34.8 Å². The Balaban J connectivity index is 1.96. The van der Waals surface area contributed by atoms with Crippen LogP contribution in [0.25, 0.3) is 5.76 Å². The molecular formula is C25H20O10. The van der Waals surface area contributed by atoms with Crippen molar-refractivity contribution in [3.05, 3.63) is 63.4 Å². The first-order valence-electron chi connectivity index (χ1n) is 10.3. The summed E-state index contributed by atoms with van der Waals surface area (Å²) in [5.41, 5.74) is -1.56. The van der Waals surface area contributed by atoms with Crippen molar-refractivity contribution < 1.29 is 48.7 Å². The maximum Gasteiger partial charge on any atom is 0.234 e. The molecule has 2 aliphatic rings. The Bertz CT molecular complexity index is 1410. The molecule has 0 amide bonds. The second kappa shape index (κ2) is 8.32. The standard InChI is InChI=1S/C25H20O10/c1-9(18-24(31)19-11(22(29)25(18)32)5-10(33-2)6-13(19)26)17-15(34-3)7-12-20(23(17)30)14(27)8-16(35-4)21(12)28/h5-9,26,30-31H,1-4H3/t9-/m0/s1. The highest BCUT2D eigenvalue weighted by atomic mass is 16.5. The van der Waals surface area contributed by atoms with Gasteiger partial charge in [-0.2, -0.15) is 0 Å². The van der Waals surface area contributed by atoms with E-state index in [9.17, 15) is 34.5 Å². The molecule has 10 heteroatoms. The summed E-state index contributed by atoms with van der Waals surface area (Å²) in [5.74, 6) is -6.69. The number of carbonyl (C=O) groups excluding carboxylic acids is 4. The molecule has 35 heavy (non-hydrogen) atoms. The number of ketones is 4.